The zero-order valence-corrected chi connectivity index (χ0v) is 9.30. The first-order chi connectivity index (χ1) is 8.13. The van der Waals surface area contributed by atoms with Crippen LogP contribution in [0.2, 0.25) is 0 Å². The molecule has 1 aromatic rings. The van der Waals surface area contributed by atoms with Crippen molar-refractivity contribution in [3.63, 3.8) is 0 Å². The van der Waals surface area contributed by atoms with Crippen molar-refractivity contribution < 1.29 is 14.5 Å². The zero-order chi connectivity index (χ0) is 12.7. The standard InChI is InChI=1S/C10H13N3O4/c1-17-6-5-11-10(14)12-8-3-2-4-9(7-8)13(15)16/h2-4,7H,5-6H2,1H3,(H2,11,12,14). The predicted octanol–water partition coefficient (Wildman–Crippen LogP) is 1.36. The average molecular weight is 239 g/mol. The maximum Gasteiger partial charge on any atom is 0.319 e. The minimum Gasteiger partial charge on any atom is -0.383 e. The highest BCUT2D eigenvalue weighted by Crippen LogP contribution is 2.16. The predicted molar refractivity (Wildman–Crippen MR) is 62.0 cm³/mol. The molecule has 17 heavy (non-hydrogen) atoms. The Bertz CT molecular complexity index is 408. The maximum absolute atomic E-state index is 11.3. The van der Waals surface area contributed by atoms with Crippen LogP contribution in [-0.2, 0) is 4.74 Å². The SMILES string of the molecule is COCCNC(=O)Nc1cccc([N+](=O)[O-])c1. The Morgan fingerprint density at radius 2 is 2.29 bits per heavy atom. The van der Waals surface area contributed by atoms with E-state index in [9.17, 15) is 14.9 Å². The first-order valence-electron chi connectivity index (χ1n) is 4.91. The van der Waals surface area contributed by atoms with Gasteiger partial charge in [0.05, 0.1) is 11.5 Å². The van der Waals surface area contributed by atoms with Gasteiger partial charge in [0.1, 0.15) is 0 Å². The van der Waals surface area contributed by atoms with Gasteiger partial charge in [0.25, 0.3) is 5.69 Å². The van der Waals surface area contributed by atoms with Gasteiger partial charge in [-0.1, -0.05) is 6.07 Å². The van der Waals surface area contributed by atoms with E-state index in [4.69, 9.17) is 4.74 Å². The van der Waals surface area contributed by atoms with Crippen LogP contribution in [0.15, 0.2) is 24.3 Å². The van der Waals surface area contributed by atoms with E-state index < -0.39 is 11.0 Å². The maximum atomic E-state index is 11.3. The van der Waals surface area contributed by atoms with Gasteiger partial charge in [-0.3, -0.25) is 10.1 Å². The Morgan fingerprint density at radius 3 is 2.94 bits per heavy atom. The van der Waals surface area contributed by atoms with E-state index >= 15 is 0 Å². The van der Waals surface area contributed by atoms with Crippen molar-refractivity contribution in [2.24, 2.45) is 0 Å². The van der Waals surface area contributed by atoms with E-state index in [1.165, 1.54) is 25.3 Å². The van der Waals surface area contributed by atoms with Gasteiger partial charge in [0.2, 0.25) is 0 Å². The third-order valence-electron chi connectivity index (χ3n) is 1.91. The summed E-state index contributed by atoms with van der Waals surface area (Å²) >= 11 is 0. The average Bonchev–Trinajstić information content (AvgIpc) is 2.29. The molecule has 0 aliphatic rings. The van der Waals surface area contributed by atoms with Crippen molar-refractivity contribution >= 4 is 17.4 Å². The summed E-state index contributed by atoms with van der Waals surface area (Å²) in [6, 6.07) is 5.29. The van der Waals surface area contributed by atoms with Gasteiger partial charge in [0.15, 0.2) is 0 Å². The number of carbonyl (C=O) groups excluding carboxylic acids is 1. The Hall–Kier alpha value is -2.15. The van der Waals surface area contributed by atoms with Crippen LogP contribution in [0.3, 0.4) is 0 Å². The largest absolute Gasteiger partial charge is 0.383 e. The molecule has 0 spiro atoms. The third kappa shape index (κ3) is 4.47. The number of nitrogens with one attached hydrogen (secondary N) is 2. The van der Waals surface area contributed by atoms with Gasteiger partial charge in [-0.2, -0.15) is 0 Å². The van der Waals surface area contributed by atoms with Crippen molar-refractivity contribution in [2.45, 2.75) is 0 Å². The molecule has 0 unspecified atom stereocenters. The number of urea groups is 1. The van der Waals surface area contributed by atoms with Crippen LogP contribution in [0, 0.1) is 10.1 Å². The van der Waals surface area contributed by atoms with Crippen molar-refractivity contribution in [2.75, 3.05) is 25.6 Å². The Morgan fingerprint density at radius 1 is 1.53 bits per heavy atom. The molecule has 0 bridgehead atoms. The van der Waals surface area contributed by atoms with Gasteiger partial charge in [-0.05, 0) is 6.07 Å². The fourth-order valence-electron chi connectivity index (χ4n) is 1.14. The number of nitro benzene ring substituents is 1. The molecule has 0 aromatic heterocycles. The van der Waals surface area contributed by atoms with Crippen LogP contribution >= 0.6 is 0 Å². The zero-order valence-electron chi connectivity index (χ0n) is 9.30. The van der Waals surface area contributed by atoms with E-state index in [1.807, 2.05) is 0 Å². The number of hydrogen-bond acceptors (Lipinski definition) is 4. The number of anilines is 1. The summed E-state index contributed by atoms with van der Waals surface area (Å²) < 4.78 is 4.76. The molecule has 0 saturated carbocycles. The van der Waals surface area contributed by atoms with E-state index in [1.54, 1.807) is 6.07 Å². The number of nitrogens with zero attached hydrogens (tertiary/aromatic N) is 1. The number of nitro groups is 1. The summed E-state index contributed by atoms with van der Waals surface area (Å²) in [4.78, 5) is 21.3. The van der Waals surface area contributed by atoms with Gasteiger partial charge < -0.3 is 15.4 Å². The Balaban J connectivity index is 2.53. The van der Waals surface area contributed by atoms with Gasteiger partial charge in [-0.25, -0.2) is 4.79 Å². The molecule has 0 saturated heterocycles. The van der Waals surface area contributed by atoms with Crippen molar-refractivity contribution in [1.82, 2.24) is 5.32 Å². The molecule has 1 rings (SSSR count). The lowest BCUT2D eigenvalue weighted by Crippen LogP contribution is -2.31. The van der Waals surface area contributed by atoms with Crippen molar-refractivity contribution in [1.29, 1.82) is 0 Å². The smallest absolute Gasteiger partial charge is 0.319 e. The van der Waals surface area contributed by atoms with Crippen LogP contribution in [-0.4, -0.2) is 31.2 Å². The molecular weight excluding hydrogens is 226 g/mol. The first-order valence-corrected chi connectivity index (χ1v) is 4.91. The lowest BCUT2D eigenvalue weighted by atomic mass is 10.3. The van der Waals surface area contributed by atoms with Gasteiger partial charge in [-0.15, -0.1) is 0 Å². The lowest BCUT2D eigenvalue weighted by molar-refractivity contribution is -0.384. The lowest BCUT2D eigenvalue weighted by Gasteiger charge is -2.06. The number of carbonyl (C=O) groups is 1. The second kappa shape index (κ2) is 6.44. The molecule has 1 aromatic carbocycles. The fraction of sp³-hybridized carbons (Fsp3) is 0.300. The van der Waals surface area contributed by atoms with Gasteiger partial charge in [0, 0.05) is 31.5 Å². The van der Waals surface area contributed by atoms with E-state index in [-0.39, 0.29) is 5.69 Å². The third-order valence-corrected chi connectivity index (χ3v) is 1.91. The molecule has 0 aliphatic carbocycles. The number of benzene rings is 1. The number of hydrogen-bond donors (Lipinski definition) is 2. The van der Waals surface area contributed by atoms with Crippen LogP contribution in [0.4, 0.5) is 16.2 Å². The normalized spacial score (nSPS) is 9.71. The minimum absolute atomic E-state index is 0.0697. The number of methoxy groups -OCH3 is 1. The molecule has 7 nitrogen and oxygen atoms in total. The summed E-state index contributed by atoms with van der Waals surface area (Å²) in [7, 11) is 1.53. The van der Waals surface area contributed by atoms with E-state index in [0.717, 1.165) is 0 Å². The quantitative estimate of drug-likeness (QED) is 0.461. The monoisotopic (exact) mass is 239 g/mol. The molecule has 7 heteroatoms. The molecule has 0 aliphatic heterocycles. The van der Waals surface area contributed by atoms with Crippen LogP contribution < -0.4 is 10.6 Å². The topological polar surface area (TPSA) is 93.5 Å². The van der Waals surface area contributed by atoms with Crippen molar-refractivity contribution in [3.8, 4) is 0 Å². The van der Waals surface area contributed by atoms with Crippen molar-refractivity contribution in [3.05, 3.63) is 34.4 Å². The molecular formula is C10H13N3O4. The van der Waals surface area contributed by atoms with Crippen LogP contribution in [0.5, 0.6) is 0 Å². The number of ether oxygens (including phenoxy) is 1. The van der Waals surface area contributed by atoms with Gasteiger partial charge >= 0.3 is 6.03 Å². The Labute approximate surface area is 97.9 Å². The highest BCUT2D eigenvalue weighted by molar-refractivity contribution is 5.89. The molecule has 0 radical (unpaired) electrons. The molecule has 0 fully saturated rings. The summed E-state index contributed by atoms with van der Waals surface area (Å²) in [6.45, 7) is 0.777. The fourth-order valence-corrected chi connectivity index (χ4v) is 1.14. The number of non-ortho nitro benzene ring substituents is 1. The first kappa shape index (κ1) is 12.9. The number of amides is 2. The highest BCUT2D eigenvalue weighted by Gasteiger charge is 2.07. The molecule has 0 atom stereocenters. The molecule has 92 valence electrons. The van der Waals surface area contributed by atoms with E-state index in [0.29, 0.717) is 18.8 Å². The summed E-state index contributed by atoms with van der Waals surface area (Å²) in [5.41, 5.74) is 0.300. The minimum atomic E-state index is -0.520. The second-order valence-corrected chi connectivity index (χ2v) is 3.18. The van der Waals surface area contributed by atoms with Crippen LogP contribution in [0.25, 0.3) is 0 Å². The molecule has 2 amide bonds. The summed E-state index contributed by atoms with van der Waals surface area (Å²) in [5.74, 6) is 0. The van der Waals surface area contributed by atoms with Crippen LogP contribution in [0.1, 0.15) is 0 Å². The Kier molecular flexibility index (Phi) is 4.89. The molecule has 2 N–H and O–H groups in total. The molecule has 0 heterocycles. The summed E-state index contributed by atoms with van der Waals surface area (Å²) in [6.07, 6.45) is 0. The summed E-state index contributed by atoms with van der Waals surface area (Å²) in [5, 5.41) is 15.5. The second-order valence-electron chi connectivity index (χ2n) is 3.18. The number of rotatable bonds is 5. The van der Waals surface area contributed by atoms with E-state index in [2.05, 4.69) is 10.6 Å². The highest BCUT2D eigenvalue weighted by atomic mass is 16.6.